The molecule has 0 bridgehead atoms. The lowest BCUT2D eigenvalue weighted by molar-refractivity contribution is -0.385. The Labute approximate surface area is 161 Å². The van der Waals surface area contributed by atoms with Crippen molar-refractivity contribution in [3.63, 3.8) is 0 Å². The number of nitrogens with zero attached hydrogens (tertiary/aromatic N) is 1. The summed E-state index contributed by atoms with van der Waals surface area (Å²) in [7, 11) is 1.63. The van der Waals surface area contributed by atoms with Crippen molar-refractivity contribution in [2.75, 3.05) is 33.4 Å². The molecule has 2 rings (SSSR count). The maximum atomic E-state index is 12.1. The molecule has 0 aliphatic heterocycles. The van der Waals surface area contributed by atoms with Gasteiger partial charge in [-0.25, -0.2) is 0 Å². The largest absolute Gasteiger partial charge is 0.450 e. The number of amides is 1. The molecule has 0 fully saturated rings. The summed E-state index contributed by atoms with van der Waals surface area (Å²) in [6.07, 6.45) is 0. The summed E-state index contributed by atoms with van der Waals surface area (Å²) in [5.74, 6) is 0.231. The van der Waals surface area contributed by atoms with Gasteiger partial charge in [0, 0.05) is 43.4 Å². The highest BCUT2D eigenvalue weighted by Gasteiger charge is 2.16. The van der Waals surface area contributed by atoms with Gasteiger partial charge in [0.15, 0.2) is 0 Å². The number of carbonyl (C=O) groups is 1. The molecule has 0 saturated carbocycles. The zero-order chi connectivity index (χ0) is 19.6. The van der Waals surface area contributed by atoms with Gasteiger partial charge in [0.05, 0.1) is 11.5 Å². The number of carbonyl (C=O) groups excluding carboxylic acids is 1. The molecule has 9 heteroatoms. The highest BCUT2D eigenvalue weighted by molar-refractivity contribution is 6.30. The Kier molecular flexibility index (Phi) is 8.00. The molecule has 27 heavy (non-hydrogen) atoms. The molecule has 0 unspecified atom stereocenters. The smallest absolute Gasteiger partial charge is 0.313 e. The van der Waals surface area contributed by atoms with E-state index in [1.54, 1.807) is 31.4 Å². The lowest BCUT2D eigenvalue weighted by Gasteiger charge is -2.09. The third-order valence-electron chi connectivity index (χ3n) is 3.53. The van der Waals surface area contributed by atoms with Crippen LogP contribution in [-0.4, -0.2) is 44.2 Å². The minimum atomic E-state index is -0.566. The first kappa shape index (κ1) is 20.6. The van der Waals surface area contributed by atoms with Crippen LogP contribution in [0.1, 0.15) is 10.4 Å². The maximum Gasteiger partial charge on any atom is 0.313 e. The van der Waals surface area contributed by atoms with Gasteiger partial charge in [-0.1, -0.05) is 11.6 Å². The van der Waals surface area contributed by atoms with Crippen LogP contribution in [0.3, 0.4) is 0 Å². The molecule has 144 valence electrons. The van der Waals surface area contributed by atoms with E-state index < -0.39 is 4.92 Å². The Balaban J connectivity index is 1.92. The summed E-state index contributed by atoms with van der Waals surface area (Å²) < 4.78 is 10.5. The minimum absolute atomic E-state index is 0.0729. The lowest BCUT2D eigenvalue weighted by atomic mass is 10.2. The third-order valence-corrected chi connectivity index (χ3v) is 3.77. The van der Waals surface area contributed by atoms with Gasteiger partial charge in [0.25, 0.3) is 5.91 Å². The summed E-state index contributed by atoms with van der Waals surface area (Å²) in [5.41, 5.74) is 0.232. The van der Waals surface area contributed by atoms with Crippen LogP contribution in [0.15, 0.2) is 42.5 Å². The average Bonchev–Trinajstić information content (AvgIpc) is 2.66. The van der Waals surface area contributed by atoms with Crippen LogP contribution in [-0.2, 0) is 4.74 Å². The SMILES string of the molecule is COCCNCCNC(=O)c1ccc(Oc2ccc(Cl)cc2[N+](=O)[O-])cc1. The van der Waals surface area contributed by atoms with Crippen molar-refractivity contribution in [1.82, 2.24) is 10.6 Å². The van der Waals surface area contributed by atoms with Crippen molar-refractivity contribution in [2.24, 2.45) is 0 Å². The van der Waals surface area contributed by atoms with E-state index >= 15 is 0 Å². The Hall–Kier alpha value is -2.68. The minimum Gasteiger partial charge on any atom is -0.450 e. The number of rotatable bonds is 10. The van der Waals surface area contributed by atoms with Crippen molar-refractivity contribution in [2.45, 2.75) is 0 Å². The van der Waals surface area contributed by atoms with Crippen molar-refractivity contribution in [1.29, 1.82) is 0 Å². The van der Waals surface area contributed by atoms with Crippen molar-refractivity contribution in [3.8, 4) is 11.5 Å². The predicted molar refractivity (Wildman–Crippen MR) is 102 cm³/mol. The molecular weight excluding hydrogens is 374 g/mol. The van der Waals surface area contributed by atoms with Crippen molar-refractivity contribution < 1.29 is 19.2 Å². The fourth-order valence-corrected chi connectivity index (χ4v) is 2.35. The zero-order valence-corrected chi connectivity index (χ0v) is 15.5. The fraction of sp³-hybridized carbons (Fsp3) is 0.278. The molecule has 0 spiro atoms. The Morgan fingerprint density at radius 2 is 1.89 bits per heavy atom. The number of hydrogen-bond acceptors (Lipinski definition) is 6. The van der Waals surface area contributed by atoms with Gasteiger partial charge in [-0.15, -0.1) is 0 Å². The van der Waals surface area contributed by atoms with Gasteiger partial charge < -0.3 is 20.1 Å². The summed E-state index contributed by atoms with van der Waals surface area (Å²) in [6, 6.07) is 10.5. The Bertz CT molecular complexity index is 783. The molecule has 0 atom stereocenters. The average molecular weight is 394 g/mol. The first-order valence-electron chi connectivity index (χ1n) is 8.21. The summed E-state index contributed by atoms with van der Waals surface area (Å²) in [4.78, 5) is 22.6. The van der Waals surface area contributed by atoms with Gasteiger partial charge >= 0.3 is 5.69 Å². The van der Waals surface area contributed by atoms with Crippen molar-refractivity contribution >= 4 is 23.2 Å². The highest BCUT2D eigenvalue weighted by atomic mass is 35.5. The number of methoxy groups -OCH3 is 1. The van der Waals surface area contributed by atoms with Crippen LogP contribution < -0.4 is 15.4 Å². The third kappa shape index (κ3) is 6.52. The van der Waals surface area contributed by atoms with E-state index in [0.29, 0.717) is 31.0 Å². The number of nitro groups is 1. The zero-order valence-electron chi connectivity index (χ0n) is 14.7. The van der Waals surface area contributed by atoms with Gasteiger partial charge in [-0.05, 0) is 36.4 Å². The number of ether oxygens (including phenoxy) is 2. The van der Waals surface area contributed by atoms with Gasteiger partial charge in [-0.2, -0.15) is 0 Å². The molecule has 2 aromatic carbocycles. The molecule has 8 nitrogen and oxygen atoms in total. The van der Waals surface area contributed by atoms with Gasteiger partial charge in [-0.3, -0.25) is 14.9 Å². The second-order valence-electron chi connectivity index (χ2n) is 5.49. The summed E-state index contributed by atoms with van der Waals surface area (Å²) >= 11 is 5.78. The van der Waals surface area contributed by atoms with Gasteiger partial charge in [0.1, 0.15) is 5.75 Å². The summed E-state index contributed by atoms with van der Waals surface area (Å²) in [5, 5.41) is 17.3. The molecule has 2 N–H and O–H groups in total. The number of benzene rings is 2. The standard InChI is InChI=1S/C18H20ClN3O5/c1-26-11-10-20-8-9-21-18(23)13-2-5-15(6-3-13)27-17-7-4-14(19)12-16(17)22(24)25/h2-7,12,20H,8-11H2,1H3,(H,21,23). The quantitative estimate of drug-likeness (QED) is 0.365. The van der Waals surface area contributed by atoms with Gasteiger partial charge in [0.2, 0.25) is 5.75 Å². The van der Waals surface area contributed by atoms with E-state index in [0.717, 1.165) is 6.54 Å². The fourth-order valence-electron chi connectivity index (χ4n) is 2.19. The highest BCUT2D eigenvalue weighted by Crippen LogP contribution is 2.33. The van der Waals surface area contributed by atoms with Crippen LogP contribution in [0.4, 0.5) is 5.69 Å². The first-order valence-corrected chi connectivity index (χ1v) is 8.59. The second-order valence-corrected chi connectivity index (χ2v) is 5.93. The van der Waals surface area contributed by atoms with Crippen LogP contribution >= 0.6 is 11.6 Å². The van der Waals surface area contributed by atoms with E-state index in [4.69, 9.17) is 21.1 Å². The molecule has 2 aromatic rings. The van der Waals surface area contributed by atoms with E-state index in [9.17, 15) is 14.9 Å². The first-order chi connectivity index (χ1) is 13.0. The van der Waals surface area contributed by atoms with Crippen LogP contribution in [0.25, 0.3) is 0 Å². The topological polar surface area (TPSA) is 103 Å². The molecule has 0 aromatic heterocycles. The maximum absolute atomic E-state index is 12.1. The Morgan fingerprint density at radius 1 is 1.15 bits per heavy atom. The molecule has 1 amide bonds. The molecular formula is C18H20ClN3O5. The molecule has 0 aliphatic rings. The molecule has 0 radical (unpaired) electrons. The molecule has 0 aliphatic carbocycles. The normalized spacial score (nSPS) is 10.4. The molecule has 0 saturated heterocycles. The number of nitrogens with one attached hydrogen (secondary N) is 2. The van der Waals surface area contributed by atoms with E-state index in [1.165, 1.54) is 18.2 Å². The van der Waals surface area contributed by atoms with E-state index in [1.807, 2.05) is 0 Å². The Morgan fingerprint density at radius 3 is 2.56 bits per heavy atom. The van der Waals surface area contributed by atoms with Crippen molar-refractivity contribution in [3.05, 3.63) is 63.2 Å². The summed E-state index contributed by atoms with van der Waals surface area (Å²) in [6.45, 7) is 2.45. The van der Waals surface area contributed by atoms with Crippen LogP contribution in [0.5, 0.6) is 11.5 Å². The predicted octanol–water partition coefficient (Wildman–Crippen LogP) is 3.01. The number of halogens is 1. The second kappa shape index (κ2) is 10.5. The lowest BCUT2D eigenvalue weighted by Crippen LogP contribution is -2.33. The van der Waals surface area contributed by atoms with E-state index in [2.05, 4.69) is 10.6 Å². The van der Waals surface area contributed by atoms with Crippen LogP contribution in [0, 0.1) is 10.1 Å². The molecule has 0 heterocycles. The number of hydrogen-bond donors (Lipinski definition) is 2. The monoisotopic (exact) mass is 393 g/mol. The van der Waals surface area contributed by atoms with E-state index in [-0.39, 0.29) is 22.4 Å². The number of nitro benzene ring substituents is 1. The van der Waals surface area contributed by atoms with Crippen LogP contribution in [0.2, 0.25) is 5.02 Å².